The highest BCUT2D eigenvalue weighted by Gasteiger charge is 2.16. The van der Waals surface area contributed by atoms with Gasteiger partial charge in [-0.25, -0.2) is 9.18 Å². The van der Waals surface area contributed by atoms with Gasteiger partial charge in [0.1, 0.15) is 5.82 Å². The summed E-state index contributed by atoms with van der Waals surface area (Å²) in [5.41, 5.74) is 1.59. The van der Waals surface area contributed by atoms with E-state index in [4.69, 9.17) is 16.3 Å². The second-order valence-corrected chi connectivity index (χ2v) is 5.83. The Balaban J connectivity index is 1.65. The molecule has 1 heterocycles. The number of esters is 1. The van der Waals surface area contributed by atoms with Crippen molar-refractivity contribution in [2.24, 2.45) is 7.05 Å². The summed E-state index contributed by atoms with van der Waals surface area (Å²) in [4.78, 5) is 24.1. The van der Waals surface area contributed by atoms with Crippen molar-refractivity contribution in [1.82, 2.24) is 4.57 Å². The van der Waals surface area contributed by atoms with Crippen LogP contribution in [0.2, 0.25) is 5.02 Å². The zero-order chi connectivity index (χ0) is 18.0. The Morgan fingerprint density at radius 2 is 2.00 bits per heavy atom. The number of amides is 1. The highest BCUT2D eigenvalue weighted by atomic mass is 35.5. The third-order valence-corrected chi connectivity index (χ3v) is 3.94. The molecule has 0 bridgehead atoms. The lowest BCUT2D eigenvalue weighted by atomic mass is 10.2. The maximum Gasteiger partial charge on any atom is 0.340 e. The number of rotatable bonds is 4. The SMILES string of the molecule is Cn1cc(C(=O)OCC(=O)Nc2ccc(F)c(Cl)c2)c2ccccc21. The van der Waals surface area contributed by atoms with Crippen molar-refractivity contribution in [2.45, 2.75) is 0 Å². The molecule has 0 fully saturated rings. The van der Waals surface area contributed by atoms with Crippen molar-refractivity contribution >= 4 is 40.1 Å². The number of benzene rings is 2. The lowest BCUT2D eigenvalue weighted by molar-refractivity contribution is -0.119. The molecule has 0 aliphatic heterocycles. The Bertz CT molecular complexity index is 968. The summed E-state index contributed by atoms with van der Waals surface area (Å²) in [6.07, 6.45) is 1.66. The van der Waals surface area contributed by atoms with E-state index in [-0.39, 0.29) is 5.02 Å². The minimum atomic E-state index is -0.593. The zero-order valence-electron chi connectivity index (χ0n) is 13.3. The van der Waals surface area contributed by atoms with Crippen molar-refractivity contribution in [3.63, 3.8) is 0 Å². The average Bonchev–Trinajstić information content (AvgIpc) is 2.93. The molecular weight excluding hydrogens is 347 g/mol. The van der Waals surface area contributed by atoms with Gasteiger partial charge in [-0.1, -0.05) is 29.8 Å². The number of para-hydroxylation sites is 1. The van der Waals surface area contributed by atoms with Crippen LogP contribution in [0.4, 0.5) is 10.1 Å². The van der Waals surface area contributed by atoms with Crippen molar-refractivity contribution in [3.8, 4) is 0 Å². The fourth-order valence-corrected chi connectivity index (χ4v) is 2.66. The third kappa shape index (κ3) is 3.64. The first kappa shape index (κ1) is 17.0. The van der Waals surface area contributed by atoms with E-state index in [1.807, 2.05) is 35.9 Å². The number of ether oxygens (including phenoxy) is 1. The van der Waals surface area contributed by atoms with Gasteiger partial charge in [-0.3, -0.25) is 4.79 Å². The third-order valence-electron chi connectivity index (χ3n) is 3.65. The number of nitrogens with zero attached hydrogens (tertiary/aromatic N) is 1. The van der Waals surface area contributed by atoms with Gasteiger partial charge in [-0.15, -0.1) is 0 Å². The monoisotopic (exact) mass is 360 g/mol. The predicted molar refractivity (Wildman–Crippen MR) is 93.2 cm³/mol. The topological polar surface area (TPSA) is 60.3 Å². The number of carbonyl (C=O) groups is 2. The number of halogens is 2. The Kier molecular flexibility index (Phi) is 4.72. The zero-order valence-corrected chi connectivity index (χ0v) is 14.0. The summed E-state index contributed by atoms with van der Waals surface area (Å²) in [5.74, 6) is -1.72. The van der Waals surface area contributed by atoms with Gasteiger partial charge in [0, 0.05) is 29.8 Å². The van der Waals surface area contributed by atoms with Gasteiger partial charge in [0.2, 0.25) is 0 Å². The molecule has 0 atom stereocenters. The molecule has 0 aliphatic carbocycles. The van der Waals surface area contributed by atoms with E-state index in [1.165, 1.54) is 12.1 Å². The van der Waals surface area contributed by atoms with Crippen LogP contribution in [0.3, 0.4) is 0 Å². The predicted octanol–water partition coefficient (Wildman–Crippen LogP) is 3.77. The molecule has 0 aliphatic rings. The number of hydrogen-bond acceptors (Lipinski definition) is 3. The van der Waals surface area contributed by atoms with Gasteiger partial charge in [-0.05, 0) is 24.3 Å². The highest BCUT2D eigenvalue weighted by Crippen LogP contribution is 2.21. The molecule has 25 heavy (non-hydrogen) atoms. The van der Waals surface area contributed by atoms with E-state index in [9.17, 15) is 14.0 Å². The fraction of sp³-hybridized carbons (Fsp3) is 0.111. The van der Waals surface area contributed by atoms with Crippen LogP contribution in [0.25, 0.3) is 10.9 Å². The van der Waals surface area contributed by atoms with E-state index in [0.29, 0.717) is 11.3 Å². The highest BCUT2D eigenvalue weighted by molar-refractivity contribution is 6.31. The fourth-order valence-electron chi connectivity index (χ4n) is 2.48. The smallest absolute Gasteiger partial charge is 0.340 e. The molecule has 0 spiro atoms. The van der Waals surface area contributed by atoms with Gasteiger partial charge >= 0.3 is 5.97 Å². The number of aryl methyl sites for hydroxylation is 1. The van der Waals surface area contributed by atoms with Crippen LogP contribution in [-0.4, -0.2) is 23.1 Å². The molecule has 0 radical (unpaired) electrons. The Hall–Kier alpha value is -2.86. The van der Waals surface area contributed by atoms with Crippen LogP contribution in [0.15, 0.2) is 48.7 Å². The summed E-state index contributed by atoms with van der Waals surface area (Å²) in [7, 11) is 1.82. The summed E-state index contributed by atoms with van der Waals surface area (Å²) >= 11 is 5.65. The van der Waals surface area contributed by atoms with E-state index in [1.54, 1.807) is 6.20 Å². The number of nitrogens with one attached hydrogen (secondary N) is 1. The van der Waals surface area contributed by atoms with Crippen LogP contribution in [-0.2, 0) is 16.6 Å². The number of fused-ring (bicyclic) bond motifs is 1. The normalized spacial score (nSPS) is 10.7. The standard InChI is InChI=1S/C18H14ClFN2O3/c1-22-9-13(12-4-2-3-5-16(12)22)18(24)25-10-17(23)21-11-6-7-15(20)14(19)8-11/h2-9H,10H2,1H3,(H,21,23). The summed E-state index contributed by atoms with van der Waals surface area (Å²) in [6.45, 7) is -0.461. The summed E-state index contributed by atoms with van der Waals surface area (Å²) in [6, 6.07) is 11.2. The van der Waals surface area contributed by atoms with E-state index in [0.717, 1.165) is 17.0 Å². The minimum Gasteiger partial charge on any atom is -0.452 e. The van der Waals surface area contributed by atoms with Crippen LogP contribution in [0.1, 0.15) is 10.4 Å². The van der Waals surface area contributed by atoms with Gasteiger partial charge in [0.05, 0.1) is 10.6 Å². The molecular formula is C18H14ClFN2O3. The maximum absolute atomic E-state index is 13.1. The Morgan fingerprint density at radius 1 is 1.24 bits per heavy atom. The second-order valence-electron chi connectivity index (χ2n) is 5.42. The quantitative estimate of drug-likeness (QED) is 0.720. The largest absolute Gasteiger partial charge is 0.452 e. The number of anilines is 1. The van der Waals surface area contributed by atoms with Crippen molar-refractivity contribution in [2.75, 3.05) is 11.9 Å². The summed E-state index contributed by atoms with van der Waals surface area (Å²) < 4.78 is 20.0. The molecule has 0 saturated carbocycles. The molecule has 128 valence electrons. The van der Waals surface area contributed by atoms with Gasteiger partial charge in [0.25, 0.3) is 5.91 Å². The van der Waals surface area contributed by atoms with Crippen LogP contribution >= 0.6 is 11.6 Å². The molecule has 2 aromatic carbocycles. The van der Waals surface area contributed by atoms with E-state index < -0.39 is 24.3 Å². The minimum absolute atomic E-state index is 0.106. The molecule has 1 N–H and O–H groups in total. The molecule has 7 heteroatoms. The Labute approximate surface area is 148 Å². The second kappa shape index (κ2) is 6.94. The maximum atomic E-state index is 13.1. The molecule has 0 unspecified atom stereocenters. The summed E-state index contributed by atoms with van der Waals surface area (Å²) in [5, 5.41) is 3.13. The van der Waals surface area contributed by atoms with Crippen molar-refractivity contribution < 1.29 is 18.7 Å². The first-order valence-electron chi connectivity index (χ1n) is 7.42. The van der Waals surface area contributed by atoms with Crippen LogP contribution in [0.5, 0.6) is 0 Å². The number of hydrogen-bond donors (Lipinski definition) is 1. The molecule has 5 nitrogen and oxygen atoms in total. The lowest BCUT2D eigenvalue weighted by Crippen LogP contribution is -2.20. The number of aromatic nitrogens is 1. The Morgan fingerprint density at radius 3 is 2.76 bits per heavy atom. The molecule has 3 rings (SSSR count). The number of carbonyl (C=O) groups excluding carboxylic acids is 2. The van der Waals surface area contributed by atoms with Crippen molar-refractivity contribution in [1.29, 1.82) is 0 Å². The van der Waals surface area contributed by atoms with Gasteiger partial charge < -0.3 is 14.6 Å². The molecule has 0 saturated heterocycles. The van der Waals surface area contributed by atoms with E-state index >= 15 is 0 Å². The molecule has 3 aromatic rings. The van der Waals surface area contributed by atoms with Crippen LogP contribution < -0.4 is 5.32 Å². The molecule has 1 aromatic heterocycles. The first-order valence-corrected chi connectivity index (χ1v) is 7.79. The average molecular weight is 361 g/mol. The van der Waals surface area contributed by atoms with Crippen LogP contribution in [0, 0.1) is 5.82 Å². The van der Waals surface area contributed by atoms with E-state index in [2.05, 4.69) is 5.32 Å². The van der Waals surface area contributed by atoms with Gasteiger partial charge in [-0.2, -0.15) is 0 Å². The molecule has 1 amide bonds. The first-order chi connectivity index (χ1) is 12.0. The van der Waals surface area contributed by atoms with Crippen molar-refractivity contribution in [3.05, 3.63) is 65.1 Å². The van der Waals surface area contributed by atoms with Gasteiger partial charge in [0.15, 0.2) is 6.61 Å². The lowest BCUT2D eigenvalue weighted by Gasteiger charge is -2.07.